The first kappa shape index (κ1) is 11.0. The molecule has 1 aliphatic heterocycles. The Balaban J connectivity index is 2.48. The number of benzene rings is 1. The van der Waals surface area contributed by atoms with Crippen LogP contribution in [0.25, 0.3) is 0 Å². The average Bonchev–Trinajstić information content (AvgIpc) is 2.48. The van der Waals surface area contributed by atoms with Crippen LogP contribution in [0.1, 0.15) is 12.5 Å². The highest BCUT2D eigenvalue weighted by atomic mass is 127. The maximum Gasteiger partial charge on any atom is 0.262 e. The quantitative estimate of drug-likeness (QED) is 0.567. The monoisotopic (exact) mass is 315 g/mol. The summed E-state index contributed by atoms with van der Waals surface area (Å²) in [5, 5.41) is 0. The average molecular weight is 315 g/mol. The van der Waals surface area contributed by atoms with Gasteiger partial charge in [-0.15, -0.1) is 0 Å². The predicted octanol–water partition coefficient (Wildman–Crippen LogP) is 3.41. The van der Waals surface area contributed by atoms with Crippen molar-refractivity contribution in [1.29, 1.82) is 0 Å². The smallest absolute Gasteiger partial charge is 0.262 e. The Morgan fingerprint density at radius 2 is 2.00 bits per heavy atom. The van der Waals surface area contributed by atoms with Gasteiger partial charge in [0.25, 0.3) is 22.9 Å². The minimum absolute atomic E-state index is 0.451. The largest absolute Gasteiger partial charge is 0.326 e. The van der Waals surface area contributed by atoms with Crippen LogP contribution in [0, 0.1) is 6.92 Å². The molecule has 0 amide bonds. The van der Waals surface area contributed by atoms with Crippen LogP contribution in [0.15, 0.2) is 36.7 Å². The summed E-state index contributed by atoms with van der Waals surface area (Å²) in [7, 11) is 2.12. The van der Waals surface area contributed by atoms with Gasteiger partial charge in [0.05, 0.1) is 6.20 Å². The maximum atomic E-state index is 2.51. The molecular weight excluding hydrogens is 299 g/mol. The number of rotatable bonds is 1. The van der Waals surface area contributed by atoms with Crippen molar-refractivity contribution in [3.63, 3.8) is 0 Å². The zero-order valence-electron chi connectivity index (χ0n) is 9.31. The summed E-state index contributed by atoms with van der Waals surface area (Å²) >= 11 is 2.51. The summed E-state index contributed by atoms with van der Waals surface area (Å²) in [4.78, 5) is 2.25. The van der Waals surface area contributed by atoms with E-state index in [2.05, 4.69) is 85.3 Å². The molecule has 2 rings (SSSR count). The van der Waals surface area contributed by atoms with Crippen molar-refractivity contribution in [2.45, 2.75) is 20.0 Å². The van der Waals surface area contributed by atoms with Gasteiger partial charge in [0.1, 0.15) is 11.9 Å². The van der Waals surface area contributed by atoms with E-state index in [1.165, 1.54) is 11.3 Å². The minimum Gasteiger partial charge on any atom is -0.326 e. The zero-order chi connectivity index (χ0) is 11.1. The molecule has 1 aromatic carbocycles. The third-order valence-electron chi connectivity index (χ3n) is 3.14. The molecule has 0 saturated carbocycles. The zero-order valence-corrected chi connectivity index (χ0v) is 11.5. The number of quaternary nitrogens is 1. The molecule has 0 N–H and O–H groups in total. The SMILES string of the molecule is Cc1ccccc1[N+]1(I)C=CN(C)[C@@H]1C. The third-order valence-corrected chi connectivity index (χ3v) is 4.78. The van der Waals surface area contributed by atoms with Gasteiger partial charge in [-0.2, -0.15) is 2.70 Å². The van der Waals surface area contributed by atoms with Crippen molar-refractivity contribution in [2.75, 3.05) is 7.05 Å². The summed E-state index contributed by atoms with van der Waals surface area (Å²) < 4.78 is 0.834. The molecule has 2 atom stereocenters. The fourth-order valence-corrected chi connectivity index (χ4v) is 3.02. The maximum absolute atomic E-state index is 2.51. The summed E-state index contributed by atoms with van der Waals surface area (Å²) in [5.74, 6) is 0. The van der Waals surface area contributed by atoms with E-state index in [4.69, 9.17) is 0 Å². The molecule has 0 saturated heterocycles. The Hall–Kier alpha value is -0.550. The van der Waals surface area contributed by atoms with Gasteiger partial charge in [0.2, 0.25) is 0 Å². The highest BCUT2D eigenvalue weighted by Gasteiger charge is 2.40. The first-order valence-electron chi connectivity index (χ1n) is 5.11. The Kier molecular flexibility index (Phi) is 2.77. The van der Waals surface area contributed by atoms with E-state index in [1.807, 2.05) is 0 Å². The summed E-state index contributed by atoms with van der Waals surface area (Å²) in [6.45, 7) is 4.42. The van der Waals surface area contributed by atoms with Gasteiger partial charge in [-0.1, -0.05) is 18.2 Å². The standard InChI is InChI=1S/C12H16IN2/c1-10-6-4-5-7-12(10)15(13)9-8-14(3)11(15)2/h4-9,11H,1-3H3/q+1/t11-,15?/m0/s1. The van der Waals surface area contributed by atoms with Crippen molar-refractivity contribution >= 4 is 28.6 Å². The number of para-hydroxylation sites is 1. The highest BCUT2D eigenvalue weighted by Crippen LogP contribution is 2.39. The van der Waals surface area contributed by atoms with Gasteiger partial charge in [0.15, 0.2) is 6.17 Å². The molecule has 0 aromatic heterocycles. The van der Waals surface area contributed by atoms with E-state index in [0.717, 1.165) is 2.70 Å². The van der Waals surface area contributed by atoms with Gasteiger partial charge in [-0.05, 0) is 6.92 Å². The van der Waals surface area contributed by atoms with Crippen LogP contribution in [0.5, 0.6) is 0 Å². The van der Waals surface area contributed by atoms with Crippen LogP contribution < -0.4 is 2.70 Å². The van der Waals surface area contributed by atoms with Crippen molar-refractivity contribution in [3.8, 4) is 0 Å². The van der Waals surface area contributed by atoms with Crippen LogP contribution in [-0.4, -0.2) is 18.1 Å². The van der Waals surface area contributed by atoms with E-state index in [9.17, 15) is 0 Å². The molecule has 0 bridgehead atoms. The lowest BCUT2D eigenvalue weighted by atomic mass is 10.2. The van der Waals surface area contributed by atoms with Crippen LogP contribution in [0.3, 0.4) is 0 Å². The fourth-order valence-electron chi connectivity index (χ4n) is 1.95. The molecule has 1 aliphatic rings. The van der Waals surface area contributed by atoms with Crippen LogP contribution in [0.2, 0.25) is 0 Å². The van der Waals surface area contributed by atoms with Crippen molar-refractivity contribution in [2.24, 2.45) is 0 Å². The van der Waals surface area contributed by atoms with Crippen molar-refractivity contribution in [1.82, 2.24) is 7.60 Å². The van der Waals surface area contributed by atoms with Crippen LogP contribution >= 0.6 is 22.9 Å². The Labute approximate surface area is 105 Å². The molecular formula is C12H16IN2+. The van der Waals surface area contributed by atoms with Crippen molar-refractivity contribution in [3.05, 3.63) is 42.2 Å². The lowest BCUT2D eigenvalue weighted by Gasteiger charge is -2.31. The molecule has 0 radical (unpaired) electrons. The van der Waals surface area contributed by atoms with Gasteiger partial charge < -0.3 is 4.90 Å². The second-order valence-electron chi connectivity index (χ2n) is 4.07. The summed E-state index contributed by atoms with van der Waals surface area (Å²) in [6, 6.07) is 8.59. The predicted molar refractivity (Wildman–Crippen MR) is 73.4 cm³/mol. The van der Waals surface area contributed by atoms with E-state index in [0.29, 0.717) is 6.17 Å². The summed E-state index contributed by atoms with van der Waals surface area (Å²) in [6.07, 6.45) is 4.85. The lowest BCUT2D eigenvalue weighted by Crippen LogP contribution is -2.44. The third kappa shape index (κ3) is 1.67. The van der Waals surface area contributed by atoms with E-state index in [-0.39, 0.29) is 0 Å². The summed E-state index contributed by atoms with van der Waals surface area (Å²) in [5.41, 5.74) is 2.71. The number of aryl methyl sites for hydroxylation is 1. The number of hydrogen-bond donors (Lipinski definition) is 0. The molecule has 15 heavy (non-hydrogen) atoms. The number of halogens is 1. The molecule has 2 nitrogen and oxygen atoms in total. The normalized spacial score (nSPS) is 29.9. The van der Waals surface area contributed by atoms with Crippen molar-refractivity contribution < 1.29 is 0 Å². The molecule has 0 fully saturated rings. The lowest BCUT2D eigenvalue weighted by molar-refractivity contribution is 0.299. The Morgan fingerprint density at radius 3 is 2.53 bits per heavy atom. The molecule has 80 valence electrons. The topological polar surface area (TPSA) is 3.24 Å². The molecule has 3 heteroatoms. The molecule has 1 heterocycles. The molecule has 1 aromatic rings. The first-order valence-corrected chi connectivity index (χ1v) is 6.08. The minimum atomic E-state index is 0.451. The molecule has 0 aliphatic carbocycles. The van der Waals surface area contributed by atoms with E-state index in [1.54, 1.807) is 0 Å². The van der Waals surface area contributed by atoms with Gasteiger partial charge in [-0.25, -0.2) is 0 Å². The first-order chi connectivity index (χ1) is 7.05. The number of nitrogens with zero attached hydrogens (tertiary/aromatic N) is 2. The molecule has 0 spiro atoms. The van der Waals surface area contributed by atoms with Gasteiger partial charge >= 0.3 is 0 Å². The van der Waals surface area contributed by atoms with Gasteiger partial charge in [-0.3, -0.25) is 0 Å². The fraction of sp³-hybridized carbons (Fsp3) is 0.333. The Morgan fingerprint density at radius 1 is 1.33 bits per heavy atom. The van der Waals surface area contributed by atoms with E-state index >= 15 is 0 Å². The Bertz CT molecular complexity index is 402. The van der Waals surface area contributed by atoms with Crippen LogP contribution in [-0.2, 0) is 0 Å². The number of hydrogen-bond acceptors (Lipinski definition) is 1. The second kappa shape index (κ2) is 3.79. The second-order valence-corrected chi connectivity index (χ2v) is 5.67. The highest BCUT2D eigenvalue weighted by molar-refractivity contribution is 14.1. The van der Waals surface area contributed by atoms with Crippen LogP contribution in [0.4, 0.5) is 5.69 Å². The van der Waals surface area contributed by atoms with Gasteiger partial charge in [0, 0.05) is 25.6 Å². The molecule has 1 unspecified atom stereocenters. The van der Waals surface area contributed by atoms with E-state index < -0.39 is 0 Å².